The lowest BCUT2D eigenvalue weighted by Gasteiger charge is -2.15. The Morgan fingerprint density at radius 2 is 2.00 bits per heavy atom. The van der Waals surface area contributed by atoms with E-state index in [1.165, 1.54) is 12.5 Å². The highest BCUT2D eigenvalue weighted by atomic mass is 35.5. The van der Waals surface area contributed by atoms with Crippen LogP contribution in [0.2, 0.25) is 0 Å². The van der Waals surface area contributed by atoms with Crippen LogP contribution >= 0.6 is 24.8 Å². The van der Waals surface area contributed by atoms with Crippen LogP contribution in [0.1, 0.15) is 45.4 Å². The van der Waals surface area contributed by atoms with Crippen molar-refractivity contribution in [1.82, 2.24) is 14.8 Å². The van der Waals surface area contributed by atoms with Gasteiger partial charge in [-0.25, -0.2) is 4.39 Å². The van der Waals surface area contributed by atoms with Gasteiger partial charge in [0, 0.05) is 18.5 Å². The molecule has 1 aliphatic heterocycles. The van der Waals surface area contributed by atoms with E-state index in [0.29, 0.717) is 18.2 Å². The molecule has 0 unspecified atom stereocenters. The zero-order valence-corrected chi connectivity index (χ0v) is 17.8. The molecule has 1 aromatic heterocycles. The molecule has 1 atom stereocenters. The summed E-state index contributed by atoms with van der Waals surface area (Å²) >= 11 is 0. The number of anilines is 1. The van der Waals surface area contributed by atoms with E-state index in [2.05, 4.69) is 20.1 Å². The minimum atomic E-state index is -0.664. The van der Waals surface area contributed by atoms with Crippen LogP contribution in [0.25, 0.3) is 11.4 Å². The maximum absolute atomic E-state index is 14.2. The molecular formula is C19H28Cl2FN5O. The molecule has 156 valence electrons. The van der Waals surface area contributed by atoms with E-state index < -0.39 is 11.9 Å². The molecule has 1 aromatic carbocycles. The Hall–Kier alpha value is -1.70. The van der Waals surface area contributed by atoms with Gasteiger partial charge in [0.05, 0.1) is 11.7 Å². The van der Waals surface area contributed by atoms with Gasteiger partial charge < -0.3 is 15.6 Å². The predicted octanol–water partition coefficient (Wildman–Crippen LogP) is 3.97. The van der Waals surface area contributed by atoms with Crippen molar-refractivity contribution < 1.29 is 9.18 Å². The van der Waals surface area contributed by atoms with Crippen LogP contribution in [0.4, 0.5) is 10.1 Å². The normalized spacial score (nSPS) is 14.3. The topological polar surface area (TPSA) is 85.8 Å². The Morgan fingerprint density at radius 3 is 2.71 bits per heavy atom. The maximum Gasteiger partial charge on any atom is 0.241 e. The summed E-state index contributed by atoms with van der Waals surface area (Å²) in [7, 11) is 0. The highest BCUT2D eigenvalue weighted by Gasteiger charge is 2.19. The number of benzene rings is 1. The van der Waals surface area contributed by atoms with Gasteiger partial charge in [-0.2, -0.15) is 0 Å². The van der Waals surface area contributed by atoms with E-state index in [9.17, 15) is 9.18 Å². The number of nitrogens with two attached hydrogens (primary N) is 1. The average Bonchev–Trinajstić information content (AvgIpc) is 2.84. The fraction of sp³-hybridized carbons (Fsp3) is 0.526. The van der Waals surface area contributed by atoms with E-state index in [1.807, 2.05) is 13.8 Å². The lowest BCUT2D eigenvalue weighted by atomic mass is 10.0. The lowest BCUT2D eigenvalue weighted by molar-refractivity contribution is -0.117. The molecule has 1 amide bonds. The summed E-state index contributed by atoms with van der Waals surface area (Å²) in [5.74, 6) is 1.10. The van der Waals surface area contributed by atoms with Crippen LogP contribution in [0.5, 0.6) is 0 Å². The van der Waals surface area contributed by atoms with Crippen LogP contribution in [0.3, 0.4) is 0 Å². The Balaban J connectivity index is 0.00000196. The summed E-state index contributed by atoms with van der Waals surface area (Å²) in [4.78, 5) is 12.2. The number of amides is 1. The van der Waals surface area contributed by atoms with Gasteiger partial charge in [-0.1, -0.05) is 20.3 Å². The summed E-state index contributed by atoms with van der Waals surface area (Å²) in [6.45, 7) is 4.84. The zero-order valence-electron chi connectivity index (χ0n) is 16.2. The smallest absolute Gasteiger partial charge is 0.241 e. The molecule has 0 spiro atoms. The van der Waals surface area contributed by atoms with Crippen molar-refractivity contribution in [1.29, 1.82) is 0 Å². The van der Waals surface area contributed by atoms with Gasteiger partial charge >= 0.3 is 0 Å². The predicted molar refractivity (Wildman–Crippen MR) is 114 cm³/mol. The number of nitrogens with one attached hydrogen (secondary N) is 1. The lowest BCUT2D eigenvalue weighted by Crippen LogP contribution is -2.36. The molecule has 2 aromatic rings. The van der Waals surface area contributed by atoms with Crippen molar-refractivity contribution in [2.24, 2.45) is 11.7 Å². The number of nitrogens with zero attached hydrogens (tertiary/aromatic N) is 3. The standard InChI is InChI=1S/C19H26FN5O.2ClH/c1-12(2)10-15(21)19(26)22-16-11-13(7-8-14(16)20)18-24-23-17-6-4-3-5-9-25(17)18;;/h7-8,11-12,15H,3-6,9-10,21H2,1-2H3,(H,22,26);2*1H/t15-;;/m0../s1. The maximum atomic E-state index is 14.2. The van der Waals surface area contributed by atoms with E-state index in [1.54, 1.807) is 12.1 Å². The number of aryl methyl sites for hydroxylation is 1. The number of carbonyl (C=O) groups excluding carboxylic acids is 1. The fourth-order valence-electron chi connectivity index (χ4n) is 3.30. The highest BCUT2D eigenvalue weighted by Crippen LogP contribution is 2.26. The molecule has 3 N–H and O–H groups in total. The number of hydrogen-bond acceptors (Lipinski definition) is 4. The summed E-state index contributed by atoms with van der Waals surface area (Å²) in [5, 5.41) is 11.2. The first kappa shape index (κ1) is 24.3. The van der Waals surface area contributed by atoms with Crippen molar-refractivity contribution in [3.63, 3.8) is 0 Å². The first-order valence-corrected chi connectivity index (χ1v) is 9.24. The first-order chi connectivity index (χ1) is 12.5. The summed E-state index contributed by atoms with van der Waals surface area (Å²) in [6.07, 6.45) is 4.80. The minimum Gasteiger partial charge on any atom is -0.322 e. The van der Waals surface area contributed by atoms with Crippen LogP contribution in [-0.2, 0) is 17.8 Å². The van der Waals surface area contributed by atoms with Crippen molar-refractivity contribution in [2.45, 2.75) is 58.5 Å². The highest BCUT2D eigenvalue weighted by molar-refractivity contribution is 5.95. The molecule has 0 fully saturated rings. The van der Waals surface area contributed by atoms with Crippen LogP contribution < -0.4 is 11.1 Å². The second kappa shape index (κ2) is 10.7. The molecular weight excluding hydrogens is 404 g/mol. The molecule has 28 heavy (non-hydrogen) atoms. The van der Waals surface area contributed by atoms with Gasteiger partial charge in [-0.05, 0) is 43.4 Å². The number of carbonyl (C=O) groups is 1. The van der Waals surface area contributed by atoms with Gasteiger partial charge in [0.2, 0.25) is 5.91 Å². The van der Waals surface area contributed by atoms with Crippen molar-refractivity contribution in [3.05, 3.63) is 29.8 Å². The van der Waals surface area contributed by atoms with E-state index in [-0.39, 0.29) is 36.4 Å². The van der Waals surface area contributed by atoms with Crippen molar-refractivity contribution >= 4 is 36.4 Å². The zero-order chi connectivity index (χ0) is 18.7. The number of halogens is 3. The molecule has 9 heteroatoms. The summed E-state index contributed by atoms with van der Waals surface area (Å²) in [5.41, 5.74) is 6.76. The van der Waals surface area contributed by atoms with Gasteiger partial charge in [-0.3, -0.25) is 4.79 Å². The van der Waals surface area contributed by atoms with Crippen LogP contribution in [0, 0.1) is 11.7 Å². The van der Waals surface area contributed by atoms with Crippen molar-refractivity contribution in [2.75, 3.05) is 5.32 Å². The van der Waals surface area contributed by atoms with Gasteiger partial charge in [0.1, 0.15) is 11.6 Å². The molecule has 1 aliphatic rings. The van der Waals surface area contributed by atoms with E-state index in [4.69, 9.17) is 5.73 Å². The third kappa shape index (κ3) is 5.65. The summed E-state index contributed by atoms with van der Waals surface area (Å²) in [6, 6.07) is 3.96. The van der Waals surface area contributed by atoms with Crippen LogP contribution in [-0.4, -0.2) is 26.7 Å². The molecule has 2 heterocycles. The third-order valence-electron chi connectivity index (χ3n) is 4.65. The molecule has 0 bridgehead atoms. The summed E-state index contributed by atoms with van der Waals surface area (Å²) < 4.78 is 16.3. The monoisotopic (exact) mass is 431 g/mol. The molecule has 0 aliphatic carbocycles. The Bertz CT molecular complexity index is 797. The second-order valence-corrected chi connectivity index (χ2v) is 7.32. The Labute approximate surface area is 177 Å². The third-order valence-corrected chi connectivity index (χ3v) is 4.65. The Kier molecular flexibility index (Phi) is 9.33. The molecule has 3 rings (SSSR count). The number of hydrogen-bond donors (Lipinski definition) is 2. The molecule has 0 saturated heterocycles. The SMILES string of the molecule is CC(C)C[C@H](N)C(=O)Nc1cc(-c2nnc3n2CCCCC3)ccc1F.Cl.Cl. The quantitative estimate of drug-likeness (QED) is 0.749. The van der Waals surface area contributed by atoms with E-state index in [0.717, 1.165) is 37.2 Å². The second-order valence-electron chi connectivity index (χ2n) is 7.32. The number of fused-ring (bicyclic) bond motifs is 1. The minimum absolute atomic E-state index is 0. The molecule has 0 saturated carbocycles. The molecule has 6 nitrogen and oxygen atoms in total. The van der Waals surface area contributed by atoms with Crippen molar-refractivity contribution in [3.8, 4) is 11.4 Å². The largest absolute Gasteiger partial charge is 0.322 e. The van der Waals surface area contributed by atoms with Gasteiger partial charge in [0.25, 0.3) is 0 Å². The Morgan fingerprint density at radius 1 is 1.25 bits per heavy atom. The fourth-order valence-corrected chi connectivity index (χ4v) is 3.30. The number of rotatable bonds is 5. The van der Waals surface area contributed by atoms with Gasteiger partial charge in [0.15, 0.2) is 5.82 Å². The first-order valence-electron chi connectivity index (χ1n) is 9.24. The number of aromatic nitrogens is 3. The van der Waals surface area contributed by atoms with Crippen LogP contribution in [0.15, 0.2) is 18.2 Å². The average molecular weight is 432 g/mol. The molecule has 0 radical (unpaired) electrons. The van der Waals surface area contributed by atoms with Gasteiger partial charge in [-0.15, -0.1) is 35.0 Å². The van der Waals surface area contributed by atoms with E-state index >= 15 is 0 Å².